The maximum absolute atomic E-state index is 12.2. The minimum absolute atomic E-state index is 0.0305. The monoisotopic (exact) mass is 332 g/mol. The van der Waals surface area contributed by atoms with Crippen LogP contribution in [-0.2, 0) is 12.8 Å². The number of H-pyrrole nitrogens is 1. The van der Waals surface area contributed by atoms with Gasteiger partial charge in [0, 0.05) is 15.6 Å². The van der Waals surface area contributed by atoms with Crippen LogP contribution in [0.4, 0.5) is 0 Å². The quantitative estimate of drug-likeness (QED) is 0.865. The SMILES string of the molecule is Cc1cc(-c2nc3c(c(=O)[nH]2)CCCC3)cc(C)c1Br. The molecule has 0 aliphatic heterocycles. The molecule has 0 saturated carbocycles. The number of benzene rings is 1. The maximum Gasteiger partial charge on any atom is 0.254 e. The predicted octanol–water partition coefficient (Wildman–Crippen LogP) is 3.70. The lowest BCUT2D eigenvalue weighted by molar-refractivity contribution is 0.657. The van der Waals surface area contributed by atoms with Crippen molar-refractivity contribution in [3.05, 3.63) is 49.3 Å². The van der Waals surface area contributed by atoms with Crippen molar-refractivity contribution in [2.75, 3.05) is 0 Å². The van der Waals surface area contributed by atoms with E-state index in [2.05, 4.69) is 51.9 Å². The van der Waals surface area contributed by atoms with E-state index >= 15 is 0 Å². The number of hydrogen-bond acceptors (Lipinski definition) is 2. The number of halogens is 1. The Bertz CT molecular complexity index is 711. The summed E-state index contributed by atoms with van der Waals surface area (Å²) in [6.45, 7) is 4.11. The molecule has 0 atom stereocenters. The molecule has 1 aromatic carbocycles. The van der Waals surface area contributed by atoms with Gasteiger partial charge in [-0.15, -0.1) is 0 Å². The number of aromatic nitrogens is 2. The van der Waals surface area contributed by atoms with Crippen LogP contribution in [0.5, 0.6) is 0 Å². The van der Waals surface area contributed by atoms with Gasteiger partial charge in [0.15, 0.2) is 0 Å². The van der Waals surface area contributed by atoms with E-state index in [1.807, 2.05) is 0 Å². The van der Waals surface area contributed by atoms with Crippen LogP contribution in [0.3, 0.4) is 0 Å². The van der Waals surface area contributed by atoms with Gasteiger partial charge in [-0.05, 0) is 62.8 Å². The normalized spacial score (nSPS) is 14.2. The molecule has 104 valence electrons. The molecule has 0 radical (unpaired) electrons. The summed E-state index contributed by atoms with van der Waals surface area (Å²) in [7, 11) is 0. The van der Waals surface area contributed by atoms with Crippen molar-refractivity contribution in [1.29, 1.82) is 0 Å². The van der Waals surface area contributed by atoms with Gasteiger partial charge in [-0.1, -0.05) is 15.9 Å². The van der Waals surface area contributed by atoms with E-state index < -0.39 is 0 Å². The molecule has 0 bridgehead atoms. The van der Waals surface area contributed by atoms with Gasteiger partial charge >= 0.3 is 0 Å². The Kier molecular flexibility index (Phi) is 3.50. The molecule has 0 saturated heterocycles. The zero-order chi connectivity index (χ0) is 14.3. The summed E-state index contributed by atoms with van der Waals surface area (Å²) in [6, 6.07) is 4.12. The molecule has 20 heavy (non-hydrogen) atoms. The van der Waals surface area contributed by atoms with Crippen molar-refractivity contribution in [2.24, 2.45) is 0 Å². The molecule has 1 aliphatic rings. The molecule has 0 unspecified atom stereocenters. The zero-order valence-corrected chi connectivity index (χ0v) is 13.3. The summed E-state index contributed by atoms with van der Waals surface area (Å²) < 4.78 is 1.11. The second-order valence-corrected chi connectivity index (χ2v) is 6.26. The Morgan fingerprint density at radius 3 is 2.50 bits per heavy atom. The number of fused-ring (bicyclic) bond motifs is 1. The lowest BCUT2D eigenvalue weighted by Crippen LogP contribution is -2.21. The fourth-order valence-electron chi connectivity index (χ4n) is 2.82. The topological polar surface area (TPSA) is 45.8 Å². The molecule has 0 fully saturated rings. The highest BCUT2D eigenvalue weighted by atomic mass is 79.9. The smallest absolute Gasteiger partial charge is 0.254 e. The van der Waals surface area contributed by atoms with E-state index in [1.54, 1.807) is 0 Å². The highest BCUT2D eigenvalue weighted by molar-refractivity contribution is 9.10. The van der Waals surface area contributed by atoms with Gasteiger partial charge in [0.1, 0.15) is 5.82 Å². The van der Waals surface area contributed by atoms with Crippen LogP contribution in [0.25, 0.3) is 11.4 Å². The second kappa shape index (κ2) is 5.17. The molecule has 4 heteroatoms. The molecule has 3 nitrogen and oxygen atoms in total. The lowest BCUT2D eigenvalue weighted by Gasteiger charge is -2.15. The average molecular weight is 333 g/mol. The predicted molar refractivity (Wildman–Crippen MR) is 84.1 cm³/mol. The van der Waals surface area contributed by atoms with Crippen molar-refractivity contribution in [1.82, 2.24) is 9.97 Å². The van der Waals surface area contributed by atoms with Gasteiger partial charge in [-0.25, -0.2) is 4.98 Å². The molecule has 0 spiro atoms. The molecule has 1 aliphatic carbocycles. The Morgan fingerprint density at radius 2 is 1.80 bits per heavy atom. The third-order valence-electron chi connectivity index (χ3n) is 3.90. The minimum atomic E-state index is 0.0305. The molecule has 0 amide bonds. The van der Waals surface area contributed by atoms with E-state index in [-0.39, 0.29) is 5.56 Å². The summed E-state index contributed by atoms with van der Waals surface area (Å²) in [5.74, 6) is 0.689. The van der Waals surface area contributed by atoms with E-state index in [0.717, 1.165) is 58.1 Å². The molecule has 1 heterocycles. The summed E-state index contributed by atoms with van der Waals surface area (Å²) >= 11 is 3.57. The molecule has 2 aromatic rings. The molecule has 1 N–H and O–H groups in total. The minimum Gasteiger partial charge on any atom is -0.306 e. The Hall–Kier alpha value is -1.42. The van der Waals surface area contributed by atoms with Crippen LogP contribution in [0.15, 0.2) is 21.4 Å². The maximum atomic E-state index is 12.2. The van der Waals surface area contributed by atoms with Crippen LogP contribution < -0.4 is 5.56 Å². The third kappa shape index (κ3) is 2.33. The van der Waals surface area contributed by atoms with Crippen LogP contribution >= 0.6 is 15.9 Å². The van der Waals surface area contributed by atoms with Gasteiger partial charge in [0.2, 0.25) is 0 Å². The first-order valence-corrected chi connectivity index (χ1v) is 7.75. The zero-order valence-electron chi connectivity index (χ0n) is 11.7. The van der Waals surface area contributed by atoms with E-state index in [0.29, 0.717) is 5.82 Å². The number of nitrogens with zero attached hydrogens (tertiary/aromatic N) is 1. The van der Waals surface area contributed by atoms with Crippen LogP contribution in [-0.4, -0.2) is 9.97 Å². The van der Waals surface area contributed by atoms with Crippen molar-refractivity contribution in [2.45, 2.75) is 39.5 Å². The first-order valence-electron chi connectivity index (χ1n) is 6.95. The van der Waals surface area contributed by atoms with Crippen molar-refractivity contribution >= 4 is 15.9 Å². The lowest BCUT2D eigenvalue weighted by atomic mass is 9.97. The van der Waals surface area contributed by atoms with Crippen LogP contribution in [0.1, 0.15) is 35.2 Å². The third-order valence-corrected chi connectivity index (χ3v) is 5.15. The van der Waals surface area contributed by atoms with Crippen LogP contribution in [0.2, 0.25) is 0 Å². The standard InChI is InChI=1S/C16H17BrN2O/c1-9-7-11(8-10(2)14(9)17)15-18-13-6-4-3-5-12(13)16(20)19-15/h7-8H,3-6H2,1-2H3,(H,18,19,20). The number of aromatic amines is 1. The summed E-state index contributed by atoms with van der Waals surface area (Å²) in [5, 5.41) is 0. The van der Waals surface area contributed by atoms with Gasteiger partial charge in [-0.2, -0.15) is 0 Å². The highest BCUT2D eigenvalue weighted by Crippen LogP contribution is 2.27. The molecular formula is C16H17BrN2O. The highest BCUT2D eigenvalue weighted by Gasteiger charge is 2.16. The van der Waals surface area contributed by atoms with E-state index in [9.17, 15) is 4.79 Å². The molecular weight excluding hydrogens is 316 g/mol. The molecule has 3 rings (SSSR count). The van der Waals surface area contributed by atoms with Gasteiger partial charge in [-0.3, -0.25) is 4.79 Å². The summed E-state index contributed by atoms with van der Waals surface area (Å²) in [5.41, 5.74) is 5.18. The number of nitrogens with one attached hydrogen (secondary N) is 1. The number of aryl methyl sites for hydroxylation is 3. The van der Waals surface area contributed by atoms with Crippen molar-refractivity contribution < 1.29 is 0 Å². The summed E-state index contributed by atoms with van der Waals surface area (Å²) in [4.78, 5) is 19.8. The average Bonchev–Trinajstić information content (AvgIpc) is 2.44. The van der Waals surface area contributed by atoms with Crippen LogP contribution in [0, 0.1) is 13.8 Å². The van der Waals surface area contributed by atoms with Gasteiger partial charge in [0.25, 0.3) is 5.56 Å². The van der Waals surface area contributed by atoms with Gasteiger partial charge < -0.3 is 4.98 Å². The van der Waals surface area contributed by atoms with E-state index in [1.165, 1.54) is 0 Å². The Balaban J connectivity index is 2.16. The largest absolute Gasteiger partial charge is 0.306 e. The Labute approximate surface area is 126 Å². The first-order chi connectivity index (χ1) is 9.56. The van der Waals surface area contributed by atoms with Crippen molar-refractivity contribution in [3.63, 3.8) is 0 Å². The van der Waals surface area contributed by atoms with E-state index in [4.69, 9.17) is 0 Å². The second-order valence-electron chi connectivity index (χ2n) is 5.47. The van der Waals surface area contributed by atoms with Crippen molar-refractivity contribution in [3.8, 4) is 11.4 Å². The van der Waals surface area contributed by atoms with Gasteiger partial charge in [0.05, 0.1) is 5.69 Å². The number of hydrogen-bond donors (Lipinski definition) is 1. The Morgan fingerprint density at radius 1 is 1.15 bits per heavy atom. The fraction of sp³-hybridized carbons (Fsp3) is 0.375. The summed E-state index contributed by atoms with van der Waals surface area (Å²) in [6.07, 6.45) is 3.99. The molecule has 1 aromatic heterocycles. The number of rotatable bonds is 1. The fourth-order valence-corrected chi connectivity index (χ4v) is 3.05. The first kappa shape index (κ1) is 13.6.